The van der Waals surface area contributed by atoms with E-state index in [4.69, 9.17) is 9.47 Å². The Labute approximate surface area is 114 Å². The SMILES string of the molecule is COCCOCC[O-].COCCOCC[O-].[Cu+2]. The normalized spacial score (nSPS) is 9.18. The Balaban J connectivity index is -0.000000218. The van der Waals surface area contributed by atoms with Crippen LogP contribution in [0.2, 0.25) is 0 Å². The molecule has 0 heterocycles. The molecule has 0 spiro atoms. The van der Waals surface area contributed by atoms with Crippen LogP contribution in [-0.4, -0.2) is 67.1 Å². The number of hydrogen-bond donors (Lipinski definition) is 0. The molecule has 0 rings (SSSR count). The average molecular weight is 302 g/mol. The van der Waals surface area contributed by atoms with Crippen molar-refractivity contribution in [2.75, 3.05) is 67.1 Å². The molecule has 0 aromatic carbocycles. The molecule has 0 unspecified atom stereocenters. The average Bonchev–Trinajstić information content (AvgIpc) is 2.31. The summed E-state index contributed by atoms with van der Waals surface area (Å²) >= 11 is 0. The van der Waals surface area contributed by atoms with Gasteiger partial charge >= 0.3 is 17.1 Å². The second kappa shape index (κ2) is 25.2. The zero-order valence-corrected chi connectivity index (χ0v) is 11.3. The summed E-state index contributed by atoms with van der Waals surface area (Å²) in [6, 6.07) is 0. The van der Waals surface area contributed by atoms with Crippen LogP contribution >= 0.6 is 0 Å². The van der Waals surface area contributed by atoms with Gasteiger partial charge in [-0.15, -0.1) is 13.2 Å². The topological polar surface area (TPSA) is 83.0 Å². The van der Waals surface area contributed by atoms with Gasteiger partial charge in [-0.3, -0.25) is 0 Å². The standard InChI is InChI=1S/2C5H11O3.Cu/c2*1-7-4-5-8-3-2-6;/h2*2-5H2,1H3;/q2*-1;+2. The van der Waals surface area contributed by atoms with E-state index in [0.29, 0.717) is 39.6 Å². The Morgan fingerprint density at radius 1 is 0.647 bits per heavy atom. The Morgan fingerprint density at radius 2 is 1.00 bits per heavy atom. The van der Waals surface area contributed by atoms with Crippen LogP contribution in [0.1, 0.15) is 0 Å². The molecule has 7 heteroatoms. The van der Waals surface area contributed by atoms with Gasteiger partial charge in [-0.2, -0.15) is 0 Å². The summed E-state index contributed by atoms with van der Waals surface area (Å²) in [5.41, 5.74) is 0. The largest absolute Gasteiger partial charge is 2.00 e. The summed E-state index contributed by atoms with van der Waals surface area (Å²) in [4.78, 5) is 0. The van der Waals surface area contributed by atoms with E-state index in [2.05, 4.69) is 9.47 Å². The molecule has 0 aliphatic carbocycles. The zero-order valence-electron chi connectivity index (χ0n) is 10.4. The van der Waals surface area contributed by atoms with Gasteiger partial charge in [0.2, 0.25) is 0 Å². The van der Waals surface area contributed by atoms with Gasteiger partial charge in [0.05, 0.1) is 26.4 Å². The first-order chi connectivity index (χ1) is 7.83. The van der Waals surface area contributed by atoms with Crippen molar-refractivity contribution in [3.05, 3.63) is 0 Å². The molecule has 109 valence electrons. The Bertz CT molecular complexity index is 82.8. The molecule has 0 saturated heterocycles. The van der Waals surface area contributed by atoms with Crippen molar-refractivity contribution in [3.8, 4) is 0 Å². The van der Waals surface area contributed by atoms with E-state index >= 15 is 0 Å². The van der Waals surface area contributed by atoms with E-state index in [1.807, 2.05) is 0 Å². The fraction of sp³-hybridized carbons (Fsp3) is 1.00. The van der Waals surface area contributed by atoms with E-state index in [-0.39, 0.29) is 30.3 Å². The predicted octanol–water partition coefficient (Wildman–Crippen LogP) is -1.98. The summed E-state index contributed by atoms with van der Waals surface area (Å²) in [6.07, 6.45) is 0. The van der Waals surface area contributed by atoms with Crippen LogP contribution in [-0.2, 0) is 36.0 Å². The molecule has 0 N–H and O–H groups in total. The third kappa shape index (κ3) is 31.4. The van der Waals surface area contributed by atoms with Gasteiger partial charge in [0.15, 0.2) is 0 Å². The van der Waals surface area contributed by atoms with E-state index in [0.717, 1.165) is 0 Å². The van der Waals surface area contributed by atoms with Gasteiger partial charge in [-0.05, 0) is 0 Å². The summed E-state index contributed by atoms with van der Waals surface area (Å²) in [5.74, 6) is 0. The minimum absolute atomic E-state index is 0. The first kappa shape index (κ1) is 22.5. The molecular formula is C10H22CuO6. The van der Waals surface area contributed by atoms with Crippen molar-refractivity contribution in [1.29, 1.82) is 0 Å². The second-order valence-electron chi connectivity index (χ2n) is 2.62. The summed E-state index contributed by atoms with van der Waals surface area (Å²) in [6.45, 7) is 2.46. The van der Waals surface area contributed by atoms with Crippen LogP contribution in [0.5, 0.6) is 0 Å². The van der Waals surface area contributed by atoms with Gasteiger partial charge in [-0.25, -0.2) is 0 Å². The van der Waals surface area contributed by atoms with Crippen molar-refractivity contribution in [3.63, 3.8) is 0 Å². The van der Waals surface area contributed by atoms with E-state index in [1.165, 1.54) is 0 Å². The molecule has 0 amide bonds. The summed E-state index contributed by atoms with van der Waals surface area (Å²) in [7, 11) is 3.20. The van der Waals surface area contributed by atoms with Crippen LogP contribution in [0.25, 0.3) is 0 Å². The summed E-state index contributed by atoms with van der Waals surface area (Å²) in [5, 5.41) is 19.5. The molecule has 1 radical (unpaired) electrons. The molecule has 0 aromatic heterocycles. The monoisotopic (exact) mass is 301 g/mol. The van der Waals surface area contributed by atoms with Crippen LogP contribution < -0.4 is 10.2 Å². The molecule has 0 atom stereocenters. The number of rotatable bonds is 10. The zero-order chi connectivity index (χ0) is 12.5. The number of methoxy groups -OCH3 is 2. The number of hydrogen-bond acceptors (Lipinski definition) is 6. The minimum Gasteiger partial charge on any atom is -0.853 e. The van der Waals surface area contributed by atoms with Gasteiger partial charge in [-0.1, -0.05) is 0 Å². The molecule has 0 fully saturated rings. The van der Waals surface area contributed by atoms with Crippen molar-refractivity contribution in [2.45, 2.75) is 0 Å². The third-order valence-electron chi connectivity index (χ3n) is 1.32. The Kier molecular flexibility index (Phi) is 33.3. The van der Waals surface area contributed by atoms with Crippen LogP contribution in [0.4, 0.5) is 0 Å². The van der Waals surface area contributed by atoms with Gasteiger partial charge in [0.25, 0.3) is 0 Å². The molecule has 0 aromatic rings. The van der Waals surface area contributed by atoms with E-state index in [9.17, 15) is 10.2 Å². The van der Waals surface area contributed by atoms with Crippen molar-refractivity contribution >= 4 is 0 Å². The molecule has 0 saturated carbocycles. The van der Waals surface area contributed by atoms with E-state index < -0.39 is 0 Å². The maximum absolute atomic E-state index is 9.73. The predicted molar refractivity (Wildman–Crippen MR) is 55.1 cm³/mol. The molecule has 6 nitrogen and oxygen atoms in total. The first-order valence-electron chi connectivity index (χ1n) is 5.13. The molecule has 17 heavy (non-hydrogen) atoms. The van der Waals surface area contributed by atoms with Crippen LogP contribution in [0.3, 0.4) is 0 Å². The molecule has 0 aliphatic heterocycles. The fourth-order valence-electron chi connectivity index (χ4n) is 0.606. The molecule has 0 aliphatic rings. The fourth-order valence-corrected chi connectivity index (χ4v) is 0.606. The summed E-state index contributed by atoms with van der Waals surface area (Å²) < 4.78 is 18.9. The maximum atomic E-state index is 9.73. The van der Waals surface area contributed by atoms with Crippen molar-refractivity contribution in [1.82, 2.24) is 0 Å². The first-order valence-corrected chi connectivity index (χ1v) is 5.13. The Morgan fingerprint density at radius 3 is 1.24 bits per heavy atom. The Hall–Kier alpha value is 0.279. The van der Waals surface area contributed by atoms with Gasteiger partial charge in [0.1, 0.15) is 0 Å². The quantitative estimate of drug-likeness (QED) is 0.343. The maximum Gasteiger partial charge on any atom is 2.00 e. The van der Waals surface area contributed by atoms with Crippen molar-refractivity contribution < 1.29 is 46.2 Å². The molecular weight excluding hydrogens is 280 g/mol. The van der Waals surface area contributed by atoms with Crippen LogP contribution in [0.15, 0.2) is 0 Å². The second-order valence-corrected chi connectivity index (χ2v) is 2.62. The van der Waals surface area contributed by atoms with Gasteiger partial charge < -0.3 is 29.2 Å². The molecule has 0 bridgehead atoms. The van der Waals surface area contributed by atoms with Crippen molar-refractivity contribution in [2.24, 2.45) is 0 Å². The van der Waals surface area contributed by atoms with E-state index in [1.54, 1.807) is 14.2 Å². The number of ether oxygens (including phenoxy) is 4. The smallest absolute Gasteiger partial charge is 0.853 e. The van der Waals surface area contributed by atoms with Gasteiger partial charge in [0, 0.05) is 27.4 Å². The van der Waals surface area contributed by atoms with Crippen LogP contribution in [0, 0.1) is 0 Å². The minimum atomic E-state index is -0.163. The third-order valence-corrected chi connectivity index (χ3v) is 1.32.